The topological polar surface area (TPSA) is 88.9 Å². The molecule has 3 aromatic rings. The summed E-state index contributed by atoms with van der Waals surface area (Å²) in [5.74, 6) is 0.476. The van der Waals surface area contributed by atoms with Gasteiger partial charge in [0.1, 0.15) is 0 Å². The number of rotatable bonds is 9. The van der Waals surface area contributed by atoms with Gasteiger partial charge in [0.15, 0.2) is 11.0 Å². The second-order valence-corrected chi connectivity index (χ2v) is 7.95. The normalized spacial score (nSPS) is 11.5. The van der Waals surface area contributed by atoms with Gasteiger partial charge in [-0.3, -0.25) is 9.59 Å². The van der Waals surface area contributed by atoms with Crippen LogP contribution in [0.15, 0.2) is 72.4 Å². The fraction of sp³-hybridized carbons (Fsp3) is 0.217. The van der Waals surface area contributed by atoms with Gasteiger partial charge in [0, 0.05) is 17.8 Å². The van der Waals surface area contributed by atoms with Gasteiger partial charge >= 0.3 is 0 Å². The number of hydrogen-bond acceptors (Lipinski definition) is 5. The highest BCUT2D eigenvalue weighted by molar-refractivity contribution is 7.99. The quantitative estimate of drug-likeness (QED) is 0.392. The first-order valence-electron chi connectivity index (χ1n) is 9.87. The first kappa shape index (κ1) is 22.3. The molecule has 2 amide bonds. The molecule has 8 heteroatoms. The number of hydrogen-bond donors (Lipinski definition) is 2. The molecule has 0 spiro atoms. The number of aryl methyl sites for hydroxylation is 1. The van der Waals surface area contributed by atoms with Crippen molar-refractivity contribution in [2.24, 2.45) is 0 Å². The lowest BCUT2D eigenvalue weighted by atomic mass is 10.1. The summed E-state index contributed by atoms with van der Waals surface area (Å²) in [5.41, 5.74) is 2.42. The van der Waals surface area contributed by atoms with Gasteiger partial charge in [-0.05, 0) is 38.1 Å². The Balaban J connectivity index is 1.66. The predicted molar refractivity (Wildman–Crippen MR) is 123 cm³/mol. The summed E-state index contributed by atoms with van der Waals surface area (Å²) < 4.78 is 1.85. The Labute approximate surface area is 186 Å². The Hall–Kier alpha value is -3.39. The fourth-order valence-corrected chi connectivity index (χ4v) is 3.68. The summed E-state index contributed by atoms with van der Waals surface area (Å²) in [4.78, 5) is 24.8. The highest BCUT2D eigenvalue weighted by Gasteiger charge is 2.20. The molecule has 0 unspecified atom stereocenters. The average Bonchev–Trinajstić information content (AvgIpc) is 3.16. The SMILES string of the molecule is C=CCn1c(SCC(=O)Nc2ccccc2)nnc1[C@H](C)NC(=O)c1ccc(C)cc1. The number of anilines is 1. The molecular formula is C23H25N5O2S. The molecule has 0 aliphatic rings. The Morgan fingerprint density at radius 1 is 1.13 bits per heavy atom. The minimum absolute atomic E-state index is 0.133. The Morgan fingerprint density at radius 3 is 2.52 bits per heavy atom. The van der Waals surface area contributed by atoms with Crippen LogP contribution in [0.5, 0.6) is 0 Å². The first-order valence-corrected chi connectivity index (χ1v) is 10.9. The van der Waals surface area contributed by atoms with Crippen molar-refractivity contribution in [1.29, 1.82) is 0 Å². The lowest BCUT2D eigenvalue weighted by Gasteiger charge is -2.15. The van der Waals surface area contributed by atoms with Gasteiger partial charge in [0.05, 0.1) is 11.8 Å². The smallest absolute Gasteiger partial charge is 0.251 e. The van der Waals surface area contributed by atoms with Crippen molar-refractivity contribution >= 4 is 29.3 Å². The van der Waals surface area contributed by atoms with Crippen molar-refractivity contribution in [2.45, 2.75) is 31.6 Å². The van der Waals surface area contributed by atoms with Gasteiger partial charge in [-0.15, -0.1) is 16.8 Å². The van der Waals surface area contributed by atoms with Crippen LogP contribution in [0.25, 0.3) is 0 Å². The van der Waals surface area contributed by atoms with Crippen molar-refractivity contribution in [1.82, 2.24) is 20.1 Å². The molecule has 2 N–H and O–H groups in total. The molecule has 0 fully saturated rings. The number of benzene rings is 2. The number of carbonyl (C=O) groups is 2. The van der Waals surface area contributed by atoms with Gasteiger partial charge in [-0.1, -0.05) is 53.7 Å². The molecule has 0 saturated heterocycles. The summed E-state index contributed by atoms with van der Waals surface area (Å²) in [5, 5.41) is 14.9. The Bertz CT molecular complexity index is 1050. The number of thioether (sulfide) groups is 1. The van der Waals surface area contributed by atoms with Crippen LogP contribution in [-0.2, 0) is 11.3 Å². The van der Waals surface area contributed by atoms with E-state index in [0.29, 0.717) is 23.1 Å². The van der Waals surface area contributed by atoms with Crippen molar-refractivity contribution < 1.29 is 9.59 Å². The molecule has 0 aliphatic heterocycles. The Kier molecular flexibility index (Phi) is 7.61. The molecule has 2 aromatic carbocycles. The van der Waals surface area contributed by atoms with Gasteiger partial charge in [-0.25, -0.2) is 0 Å². The number of nitrogens with zero attached hydrogens (tertiary/aromatic N) is 3. The van der Waals surface area contributed by atoms with Crippen molar-refractivity contribution in [2.75, 3.05) is 11.1 Å². The van der Waals surface area contributed by atoms with Crippen molar-refractivity contribution in [3.8, 4) is 0 Å². The summed E-state index contributed by atoms with van der Waals surface area (Å²) in [6.07, 6.45) is 1.73. The monoisotopic (exact) mass is 435 g/mol. The molecule has 7 nitrogen and oxygen atoms in total. The molecule has 1 aromatic heterocycles. The van der Waals surface area contributed by atoms with Crippen molar-refractivity contribution in [3.63, 3.8) is 0 Å². The number of para-hydroxylation sites is 1. The highest BCUT2D eigenvalue weighted by Crippen LogP contribution is 2.21. The third-order valence-electron chi connectivity index (χ3n) is 4.50. The summed E-state index contributed by atoms with van der Waals surface area (Å²) in [6.45, 7) is 8.09. The second kappa shape index (κ2) is 10.6. The molecule has 0 saturated carbocycles. The van der Waals surface area contributed by atoms with Gasteiger partial charge in [0.25, 0.3) is 5.91 Å². The van der Waals surface area contributed by atoms with Crippen LogP contribution >= 0.6 is 11.8 Å². The summed E-state index contributed by atoms with van der Waals surface area (Å²) in [7, 11) is 0. The third-order valence-corrected chi connectivity index (χ3v) is 5.46. The zero-order chi connectivity index (χ0) is 22.2. The van der Waals surface area contributed by atoms with Crippen molar-refractivity contribution in [3.05, 3.63) is 84.2 Å². The maximum absolute atomic E-state index is 12.6. The van der Waals surface area contributed by atoms with E-state index in [1.807, 2.05) is 60.9 Å². The largest absolute Gasteiger partial charge is 0.342 e. The van der Waals surface area contributed by atoms with Gasteiger partial charge in [0.2, 0.25) is 5.91 Å². The van der Waals surface area contributed by atoms with Crippen LogP contribution in [0.3, 0.4) is 0 Å². The lowest BCUT2D eigenvalue weighted by Crippen LogP contribution is -2.28. The summed E-state index contributed by atoms with van der Waals surface area (Å²) >= 11 is 1.29. The standard InChI is InChI=1S/C23H25N5O2S/c1-4-14-28-21(17(3)24-22(30)18-12-10-16(2)11-13-18)26-27-23(28)31-15-20(29)25-19-8-6-5-7-9-19/h4-13,17H,1,14-15H2,2-3H3,(H,24,30)(H,25,29)/t17-/m0/s1. The lowest BCUT2D eigenvalue weighted by molar-refractivity contribution is -0.113. The third kappa shape index (κ3) is 6.05. The molecule has 0 radical (unpaired) electrons. The number of allylic oxidation sites excluding steroid dienone is 1. The van der Waals surface area contributed by atoms with E-state index in [-0.39, 0.29) is 23.6 Å². The second-order valence-electron chi connectivity index (χ2n) is 7.00. The maximum Gasteiger partial charge on any atom is 0.251 e. The van der Waals surface area contributed by atoms with E-state index in [2.05, 4.69) is 27.4 Å². The van der Waals surface area contributed by atoms with E-state index in [4.69, 9.17) is 0 Å². The number of amides is 2. The zero-order valence-corrected chi connectivity index (χ0v) is 18.4. The van der Waals surface area contributed by atoms with Crippen LogP contribution in [-0.4, -0.2) is 32.3 Å². The van der Waals surface area contributed by atoms with Crippen LogP contribution < -0.4 is 10.6 Å². The van der Waals surface area contributed by atoms with Gasteiger partial charge in [-0.2, -0.15) is 0 Å². The van der Waals surface area contributed by atoms with Gasteiger partial charge < -0.3 is 15.2 Å². The maximum atomic E-state index is 12.6. The molecule has 1 atom stereocenters. The minimum atomic E-state index is -0.367. The van der Waals surface area contributed by atoms with Crippen LogP contribution in [0.1, 0.15) is 34.7 Å². The fourth-order valence-electron chi connectivity index (χ4n) is 2.93. The Morgan fingerprint density at radius 2 is 1.84 bits per heavy atom. The number of nitrogens with one attached hydrogen (secondary N) is 2. The molecule has 0 aliphatic carbocycles. The predicted octanol–water partition coefficient (Wildman–Crippen LogP) is 3.99. The van der Waals surface area contributed by atoms with E-state index >= 15 is 0 Å². The highest BCUT2D eigenvalue weighted by atomic mass is 32.2. The summed E-state index contributed by atoms with van der Waals surface area (Å²) in [6, 6.07) is 16.3. The minimum Gasteiger partial charge on any atom is -0.342 e. The van der Waals surface area contributed by atoms with E-state index in [0.717, 1.165) is 11.3 Å². The molecule has 160 valence electrons. The van der Waals surface area contributed by atoms with Crippen LogP contribution in [0.4, 0.5) is 5.69 Å². The number of aromatic nitrogens is 3. The first-order chi connectivity index (χ1) is 15.0. The van der Waals surface area contributed by atoms with E-state index in [1.165, 1.54) is 11.8 Å². The number of carbonyl (C=O) groups excluding carboxylic acids is 2. The van der Waals surface area contributed by atoms with E-state index in [9.17, 15) is 9.59 Å². The molecular weight excluding hydrogens is 410 g/mol. The molecule has 3 rings (SSSR count). The zero-order valence-electron chi connectivity index (χ0n) is 17.5. The average molecular weight is 436 g/mol. The van der Waals surface area contributed by atoms with Crippen LogP contribution in [0.2, 0.25) is 0 Å². The molecule has 31 heavy (non-hydrogen) atoms. The molecule has 1 heterocycles. The molecule has 0 bridgehead atoms. The van der Waals surface area contributed by atoms with E-state index < -0.39 is 0 Å². The van der Waals surface area contributed by atoms with Crippen LogP contribution in [0, 0.1) is 6.92 Å². The van der Waals surface area contributed by atoms with E-state index in [1.54, 1.807) is 18.2 Å².